The molecule has 0 N–H and O–H groups in total. The number of pyridine rings is 1. The average molecular weight is 356 g/mol. The molecule has 4 nitrogen and oxygen atoms in total. The van der Waals surface area contributed by atoms with Gasteiger partial charge in [0, 0.05) is 32.3 Å². The van der Waals surface area contributed by atoms with Crippen LogP contribution in [0.3, 0.4) is 0 Å². The molecule has 138 valence electrons. The highest BCUT2D eigenvalue weighted by atomic mass is 19.1. The lowest BCUT2D eigenvalue weighted by Crippen LogP contribution is -2.17. The number of carbonyl (C=O) groups is 1. The normalized spacial score (nSPS) is 11.3. The van der Waals surface area contributed by atoms with E-state index in [1.807, 2.05) is 19.0 Å². The second-order valence-electron chi connectivity index (χ2n) is 6.57. The van der Waals surface area contributed by atoms with E-state index in [4.69, 9.17) is 9.72 Å². The fourth-order valence-electron chi connectivity index (χ4n) is 2.99. The molecule has 1 heterocycles. The first-order chi connectivity index (χ1) is 12.4. The van der Waals surface area contributed by atoms with Gasteiger partial charge in [0.15, 0.2) is 0 Å². The van der Waals surface area contributed by atoms with Crippen molar-refractivity contribution < 1.29 is 13.9 Å². The predicted molar refractivity (Wildman–Crippen MR) is 104 cm³/mol. The van der Waals surface area contributed by atoms with Crippen molar-refractivity contribution in [3.05, 3.63) is 53.0 Å². The van der Waals surface area contributed by atoms with Gasteiger partial charge in [-0.3, -0.25) is 4.79 Å². The van der Waals surface area contributed by atoms with Crippen LogP contribution in [0.15, 0.2) is 30.3 Å². The largest absolute Gasteiger partial charge is 0.380 e. The van der Waals surface area contributed by atoms with Crippen molar-refractivity contribution >= 4 is 18.2 Å². The van der Waals surface area contributed by atoms with Gasteiger partial charge < -0.3 is 9.64 Å². The third-order valence-corrected chi connectivity index (χ3v) is 4.08. The maximum absolute atomic E-state index is 13.5. The van der Waals surface area contributed by atoms with Crippen LogP contribution >= 0.6 is 0 Å². The number of aldehydes is 1. The van der Waals surface area contributed by atoms with Crippen LogP contribution in [0.4, 0.5) is 10.2 Å². The molecule has 0 bridgehead atoms. The Labute approximate surface area is 154 Å². The van der Waals surface area contributed by atoms with Crippen molar-refractivity contribution in [2.24, 2.45) is 0 Å². The van der Waals surface area contributed by atoms with Gasteiger partial charge in [-0.25, -0.2) is 9.37 Å². The summed E-state index contributed by atoms with van der Waals surface area (Å²) < 4.78 is 18.9. The van der Waals surface area contributed by atoms with Crippen LogP contribution in [-0.4, -0.2) is 32.5 Å². The van der Waals surface area contributed by atoms with Crippen molar-refractivity contribution in [2.75, 3.05) is 26.1 Å². The molecule has 0 spiro atoms. The molecule has 0 fully saturated rings. The van der Waals surface area contributed by atoms with Gasteiger partial charge in [-0.2, -0.15) is 0 Å². The van der Waals surface area contributed by atoms with Crippen LogP contribution in [-0.2, 0) is 16.1 Å². The number of methoxy groups -OCH3 is 1. The predicted octanol–water partition coefficient (Wildman–Crippen LogP) is 4.44. The third-order valence-electron chi connectivity index (χ3n) is 4.08. The Morgan fingerprint density at radius 2 is 1.88 bits per heavy atom. The summed E-state index contributed by atoms with van der Waals surface area (Å²) in [6.07, 6.45) is 3.93. The Balaban J connectivity index is 2.94. The first kappa shape index (κ1) is 19.8. The molecule has 0 aliphatic carbocycles. The Morgan fingerprint density at radius 1 is 1.23 bits per heavy atom. The van der Waals surface area contributed by atoms with Crippen LogP contribution in [0.5, 0.6) is 0 Å². The zero-order valence-corrected chi connectivity index (χ0v) is 15.9. The van der Waals surface area contributed by atoms with Gasteiger partial charge in [0.1, 0.15) is 17.9 Å². The number of halogens is 1. The van der Waals surface area contributed by atoms with Crippen molar-refractivity contribution in [3.63, 3.8) is 0 Å². The van der Waals surface area contributed by atoms with Crippen molar-refractivity contribution in [1.82, 2.24) is 4.98 Å². The van der Waals surface area contributed by atoms with Crippen LogP contribution in [0.2, 0.25) is 0 Å². The monoisotopic (exact) mass is 356 g/mol. The minimum absolute atomic E-state index is 0.183. The zero-order valence-electron chi connectivity index (χ0n) is 15.9. The number of anilines is 1. The summed E-state index contributed by atoms with van der Waals surface area (Å²) in [7, 11) is 5.46. The quantitative estimate of drug-likeness (QED) is 0.543. The molecule has 0 unspecified atom stereocenters. The lowest BCUT2D eigenvalue weighted by atomic mass is 9.90. The molecule has 5 heteroatoms. The Kier molecular flexibility index (Phi) is 6.64. The Bertz CT molecular complexity index is 797. The smallest absolute Gasteiger partial charge is 0.142 e. The first-order valence-corrected chi connectivity index (χ1v) is 8.51. The number of aromatic nitrogens is 1. The molecule has 1 aromatic carbocycles. The number of ether oxygens (including phenoxy) is 1. The number of rotatable bonds is 7. The summed E-state index contributed by atoms with van der Waals surface area (Å²) in [5, 5.41) is 0. The van der Waals surface area contributed by atoms with E-state index in [0.29, 0.717) is 6.61 Å². The number of nitrogens with zero attached hydrogens (tertiary/aromatic N) is 2. The molecule has 0 radical (unpaired) electrons. The molecule has 0 saturated heterocycles. The maximum Gasteiger partial charge on any atom is 0.142 e. The molecule has 0 amide bonds. The highest BCUT2D eigenvalue weighted by Crippen LogP contribution is 2.38. The number of hydrogen-bond acceptors (Lipinski definition) is 4. The highest BCUT2D eigenvalue weighted by molar-refractivity contribution is 5.88. The summed E-state index contributed by atoms with van der Waals surface area (Å²) in [6, 6.07) is 6.35. The number of carbonyl (C=O) groups excluding carboxylic acids is 1. The van der Waals surface area contributed by atoms with Crippen molar-refractivity contribution in [2.45, 2.75) is 26.4 Å². The lowest BCUT2D eigenvalue weighted by Gasteiger charge is -2.24. The number of hydrogen-bond donors (Lipinski definition) is 0. The summed E-state index contributed by atoms with van der Waals surface area (Å²) in [5.41, 5.74) is 4.46. The Morgan fingerprint density at radius 3 is 2.38 bits per heavy atom. The highest BCUT2D eigenvalue weighted by Gasteiger charge is 2.22. The lowest BCUT2D eigenvalue weighted by molar-refractivity contribution is -0.104. The van der Waals surface area contributed by atoms with Crippen LogP contribution < -0.4 is 4.90 Å². The Hall–Kier alpha value is -2.53. The number of benzene rings is 1. The molecule has 1 aromatic heterocycles. The molecule has 2 aromatic rings. The first-order valence-electron chi connectivity index (χ1n) is 8.51. The summed E-state index contributed by atoms with van der Waals surface area (Å²) in [5.74, 6) is 0.645. The molecule has 0 atom stereocenters. The molecule has 2 rings (SSSR count). The van der Waals surface area contributed by atoms with Gasteiger partial charge in [-0.05, 0) is 41.3 Å². The summed E-state index contributed by atoms with van der Waals surface area (Å²) in [6.45, 7) is 4.54. The van der Waals surface area contributed by atoms with Gasteiger partial charge in [-0.1, -0.05) is 26.0 Å². The SMILES string of the molecule is COCc1c(C(C)C)nc(N(C)C)c(C=CC=O)c1-c1ccc(F)cc1. The second-order valence-corrected chi connectivity index (χ2v) is 6.57. The minimum atomic E-state index is -0.294. The van der Waals surface area contributed by atoms with Gasteiger partial charge in [0.25, 0.3) is 0 Å². The standard InChI is InChI=1S/C21H25FN2O2/c1-14(2)20-18(13-26-5)19(15-8-10-16(22)11-9-15)17(7-6-12-25)21(23-20)24(3)4/h6-12,14H,13H2,1-5H3. The van der Waals surface area contributed by atoms with Crippen LogP contribution in [0.1, 0.15) is 36.6 Å². The minimum Gasteiger partial charge on any atom is -0.380 e. The van der Waals surface area contributed by atoms with E-state index >= 15 is 0 Å². The molecule has 0 aliphatic heterocycles. The van der Waals surface area contributed by atoms with Crippen LogP contribution in [0, 0.1) is 5.82 Å². The van der Waals surface area contributed by atoms with Crippen molar-refractivity contribution in [3.8, 4) is 11.1 Å². The molecule has 0 saturated carbocycles. The summed E-state index contributed by atoms with van der Waals surface area (Å²) >= 11 is 0. The van der Waals surface area contributed by atoms with Gasteiger partial charge >= 0.3 is 0 Å². The third kappa shape index (κ3) is 4.17. The average Bonchev–Trinajstić information content (AvgIpc) is 2.60. The molecule has 0 aliphatic rings. The van der Waals surface area contributed by atoms with Gasteiger partial charge in [-0.15, -0.1) is 0 Å². The fourth-order valence-corrected chi connectivity index (χ4v) is 2.99. The van der Waals surface area contributed by atoms with Crippen LogP contribution in [0.25, 0.3) is 17.2 Å². The van der Waals surface area contributed by atoms with Crippen molar-refractivity contribution in [1.29, 1.82) is 0 Å². The van der Waals surface area contributed by atoms with Gasteiger partial charge in [0.2, 0.25) is 0 Å². The van der Waals surface area contributed by atoms with E-state index in [9.17, 15) is 9.18 Å². The van der Waals surface area contributed by atoms with E-state index in [-0.39, 0.29) is 11.7 Å². The van der Waals surface area contributed by atoms with E-state index in [0.717, 1.165) is 40.1 Å². The molecule has 26 heavy (non-hydrogen) atoms. The zero-order chi connectivity index (χ0) is 19.3. The topological polar surface area (TPSA) is 42.4 Å². The summed E-state index contributed by atoms with van der Waals surface area (Å²) in [4.78, 5) is 17.7. The van der Waals surface area contributed by atoms with E-state index < -0.39 is 0 Å². The van der Waals surface area contributed by atoms with E-state index in [2.05, 4.69) is 13.8 Å². The molecular weight excluding hydrogens is 331 g/mol. The molecular formula is C21H25FN2O2. The fraction of sp³-hybridized carbons (Fsp3) is 0.333. The maximum atomic E-state index is 13.5. The van der Waals surface area contributed by atoms with E-state index in [1.54, 1.807) is 25.3 Å². The second kappa shape index (κ2) is 8.72. The number of allylic oxidation sites excluding steroid dienone is 1. The van der Waals surface area contributed by atoms with Gasteiger partial charge in [0.05, 0.1) is 12.3 Å². The van der Waals surface area contributed by atoms with E-state index in [1.165, 1.54) is 18.2 Å².